The van der Waals surface area contributed by atoms with Gasteiger partial charge < -0.3 is 9.80 Å². The molecular weight excluding hydrogens is 429 g/mol. The van der Waals surface area contributed by atoms with Crippen LogP contribution in [0.3, 0.4) is 0 Å². The Balaban J connectivity index is 1.36. The van der Waals surface area contributed by atoms with Crippen molar-refractivity contribution in [2.45, 2.75) is 43.7 Å². The Kier molecular flexibility index (Phi) is 5.05. The highest BCUT2D eigenvalue weighted by Crippen LogP contribution is 2.42. The Bertz CT molecular complexity index is 957. The Morgan fingerprint density at radius 2 is 1.62 bits per heavy atom. The number of allylic oxidation sites excluding steroid dienone is 2. The second kappa shape index (κ2) is 7.56. The fourth-order valence-corrected chi connectivity index (χ4v) is 4.89. The largest absolute Gasteiger partial charge is 0.416 e. The summed E-state index contributed by atoms with van der Waals surface area (Å²) in [6.45, 7) is -0.500. The molecule has 4 nitrogen and oxygen atoms in total. The monoisotopic (exact) mass is 453 g/mol. The number of rotatable bonds is 3. The number of halogens is 5. The van der Waals surface area contributed by atoms with Gasteiger partial charge in [-0.15, -0.1) is 0 Å². The van der Waals surface area contributed by atoms with Gasteiger partial charge in [0.05, 0.1) is 18.7 Å². The summed E-state index contributed by atoms with van der Waals surface area (Å²) in [6.07, 6.45) is 1.35. The van der Waals surface area contributed by atoms with E-state index in [1.165, 1.54) is 12.1 Å². The third-order valence-corrected chi connectivity index (χ3v) is 6.81. The van der Waals surface area contributed by atoms with E-state index in [4.69, 9.17) is 4.99 Å². The molecule has 9 heteroatoms. The smallest absolute Gasteiger partial charge is 0.323 e. The number of urea groups is 1. The summed E-state index contributed by atoms with van der Waals surface area (Å²) in [7, 11) is 0. The number of carbonyl (C=O) groups excluding carboxylic acids is 1. The van der Waals surface area contributed by atoms with Crippen molar-refractivity contribution in [1.29, 1.82) is 0 Å². The van der Waals surface area contributed by atoms with Gasteiger partial charge in [0.1, 0.15) is 0 Å². The van der Waals surface area contributed by atoms with Gasteiger partial charge in [0.15, 0.2) is 0 Å². The molecule has 172 valence electrons. The van der Waals surface area contributed by atoms with Gasteiger partial charge in [0.2, 0.25) is 0 Å². The van der Waals surface area contributed by atoms with Gasteiger partial charge >= 0.3 is 12.2 Å². The van der Waals surface area contributed by atoms with E-state index in [0.717, 1.165) is 41.3 Å². The van der Waals surface area contributed by atoms with Crippen LogP contribution in [-0.4, -0.2) is 53.6 Å². The fraction of sp³-hybridized carbons (Fsp3) is 0.565. The summed E-state index contributed by atoms with van der Waals surface area (Å²) in [4.78, 5) is 20.4. The highest BCUT2D eigenvalue weighted by molar-refractivity contribution is 5.92. The molecule has 2 saturated heterocycles. The maximum absolute atomic E-state index is 13.3. The number of benzene rings is 1. The van der Waals surface area contributed by atoms with Crippen LogP contribution in [0.5, 0.6) is 0 Å². The molecule has 0 aromatic heterocycles. The quantitative estimate of drug-likeness (QED) is 0.571. The highest BCUT2D eigenvalue weighted by Gasteiger charge is 2.48. The molecule has 3 aliphatic heterocycles. The van der Waals surface area contributed by atoms with E-state index < -0.39 is 36.8 Å². The lowest BCUT2D eigenvalue weighted by Crippen LogP contribution is -2.63. The molecule has 2 unspecified atom stereocenters. The third-order valence-electron chi connectivity index (χ3n) is 6.81. The van der Waals surface area contributed by atoms with Crippen LogP contribution >= 0.6 is 0 Å². The molecule has 4 aliphatic rings. The molecule has 0 N–H and O–H groups in total. The van der Waals surface area contributed by atoms with Crippen LogP contribution in [0.1, 0.15) is 42.7 Å². The number of piperidine rings is 1. The number of aliphatic imine (C=N–C) groups is 1. The minimum atomic E-state index is -4.41. The minimum Gasteiger partial charge on any atom is -0.323 e. The van der Waals surface area contributed by atoms with E-state index in [-0.39, 0.29) is 11.8 Å². The van der Waals surface area contributed by atoms with Crippen molar-refractivity contribution >= 4 is 11.7 Å². The molecule has 1 saturated carbocycles. The molecule has 5 rings (SSSR count). The number of carbonyl (C=O) groups is 1. The van der Waals surface area contributed by atoms with E-state index in [1.807, 2.05) is 0 Å². The van der Waals surface area contributed by atoms with Crippen molar-refractivity contribution in [3.8, 4) is 0 Å². The van der Waals surface area contributed by atoms with Gasteiger partial charge in [0, 0.05) is 48.7 Å². The van der Waals surface area contributed by atoms with E-state index in [0.29, 0.717) is 37.4 Å². The molecule has 3 fully saturated rings. The topological polar surface area (TPSA) is 35.9 Å². The van der Waals surface area contributed by atoms with Gasteiger partial charge in [0.25, 0.3) is 5.92 Å². The lowest BCUT2D eigenvalue weighted by Gasteiger charge is -2.45. The summed E-state index contributed by atoms with van der Waals surface area (Å²) in [5.41, 5.74) is 2.07. The molecule has 0 bridgehead atoms. The molecule has 0 spiro atoms. The van der Waals surface area contributed by atoms with Crippen LogP contribution in [-0.2, 0) is 6.18 Å². The lowest BCUT2D eigenvalue weighted by molar-refractivity contribution is -0.137. The van der Waals surface area contributed by atoms with E-state index >= 15 is 0 Å². The third kappa shape index (κ3) is 4.26. The zero-order valence-electron chi connectivity index (χ0n) is 17.4. The van der Waals surface area contributed by atoms with Crippen LogP contribution < -0.4 is 0 Å². The molecular formula is C23H24F5N3O. The number of likely N-dealkylation sites (tertiary alicyclic amines) is 2. The van der Waals surface area contributed by atoms with Crippen molar-refractivity contribution in [2.24, 2.45) is 16.8 Å². The van der Waals surface area contributed by atoms with Crippen molar-refractivity contribution in [2.75, 3.05) is 26.2 Å². The van der Waals surface area contributed by atoms with Gasteiger partial charge in [-0.3, -0.25) is 4.99 Å². The minimum absolute atomic E-state index is 0.0470. The molecule has 2 atom stereocenters. The highest BCUT2D eigenvalue weighted by atomic mass is 19.4. The van der Waals surface area contributed by atoms with Crippen molar-refractivity contribution in [3.05, 3.63) is 47.2 Å². The first-order chi connectivity index (χ1) is 15.1. The van der Waals surface area contributed by atoms with Gasteiger partial charge in [-0.2, -0.15) is 13.2 Å². The maximum Gasteiger partial charge on any atom is 0.416 e. The number of amides is 2. The molecule has 1 aromatic rings. The second-order valence-electron chi connectivity index (χ2n) is 9.36. The van der Waals surface area contributed by atoms with E-state index in [9.17, 15) is 26.7 Å². The summed E-state index contributed by atoms with van der Waals surface area (Å²) in [5, 5.41) is 0. The maximum atomic E-state index is 13.3. The SMILES string of the molecule is O=C(N1CC(C2=NC(C3CC3)=CC2)CC(c2ccc(C(F)(F)F)cc2)C1)N1CC(F)(F)C1. The number of hydrogen-bond donors (Lipinski definition) is 0. The standard InChI is InChI=1S/C23H24F5N3O/c24-22(25)12-31(13-22)21(32)30-10-16(14-3-5-18(6-4-14)23(26,27)28)9-17(11-30)20-8-7-19(29-20)15-1-2-15/h3-7,15-17H,1-2,8-13H2. The first kappa shape index (κ1) is 21.4. The molecule has 32 heavy (non-hydrogen) atoms. The Morgan fingerprint density at radius 1 is 0.969 bits per heavy atom. The number of nitrogens with zero attached hydrogens (tertiary/aromatic N) is 3. The van der Waals surface area contributed by atoms with Gasteiger partial charge in [-0.1, -0.05) is 18.2 Å². The summed E-state index contributed by atoms with van der Waals surface area (Å²) < 4.78 is 65.5. The number of hydrogen-bond acceptors (Lipinski definition) is 2. The first-order valence-corrected chi connectivity index (χ1v) is 11.0. The van der Waals surface area contributed by atoms with Crippen molar-refractivity contribution in [1.82, 2.24) is 9.80 Å². The van der Waals surface area contributed by atoms with Crippen LogP contribution in [0.25, 0.3) is 0 Å². The second-order valence-corrected chi connectivity index (χ2v) is 9.36. The van der Waals surface area contributed by atoms with Crippen LogP contribution in [0, 0.1) is 11.8 Å². The Labute approximate surface area is 182 Å². The zero-order chi connectivity index (χ0) is 22.7. The van der Waals surface area contributed by atoms with Gasteiger partial charge in [-0.05, 0) is 37.0 Å². The summed E-state index contributed by atoms with van der Waals surface area (Å²) >= 11 is 0. The Morgan fingerprint density at radius 3 is 2.22 bits per heavy atom. The van der Waals surface area contributed by atoms with E-state index in [1.54, 1.807) is 4.90 Å². The van der Waals surface area contributed by atoms with Crippen molar-refractivity contribution < 1.29 is 26.7 Å². The molecule has 2 amide bonds. The van der Waals surface area contributed by atoms with Crippen LogP contribution in [0.4, 0.5) is 26.7 Å². The first-order valence-electron chi connectivity index (χ1n) is 11.0. The van der Waals surface area contributed by atoms with E-state index in [2.05, 4.69) is 6.08 Å². The predicted octanol–water partition coefficient (Wildman–Crippen LogP) is 5.32. The normalized spacial score (nSPS) is 27.7. The molecule has 1 aromatic carbocycles. The molecule has 0 radical (unpaired) electrons. The average molecular weight is 453 g/mol. The van der Waals surface area contributed by atoms with Gasteiger partial charge in [-0.25, -0.2) is 13.6 Å². The summed E-state index contributed by atoms with van der Waals surface area (Å²) in [6, 6.07) is 4.59. The summed E-state index contributed by atoms with van der Waals surface area (Å²) in [5.74, 6) is -2.57. The van der Waals surface area contributed by atoms with Crippen LogP contribution in [0.15, 0.2) is 41.0 Å². The predicted molar refractivity (Wildman–Crippen MR) is 109 cm³/mol. The molecule has 3 heterocycles. The zero-order valence-corrected chi connectivity index (χ0v) is 17.4. The lowest BCUT2D eigenvalue weighted by atomic mass is 9.81. The average Bonchev–Trinajstić information content (AvgIpc) is 3.47. The van der Waals surface area contributed by atoms with Crippen molar-refractivity contribution in [3.63, 3.8) is 0 Å². The Hall–Kier alpha value is -2.45. The number of alkyl halides is 5. The van der Waals surface area contributed by atoms with Crippen LogP contribution in [0.2, 0.25) is 0 Å². The molecule has 1 aliphatic carbocycles. The fourth-order valence-electron chi connectivity index (χ4n) is 4.89.